The predicted molar refractivity (Wildman–Crippen MR) is 75.2 cm³/mol. The molecule has 1 saturated heterocycles. The van der Waals surface area contributed by atoms with Gasteiger partial charge in [-0.25, -0.2) is 4.79 Å². The third kappa shape index (κ3) is 5.40. The summed E-state index contributed by atoms with van der Waals surface area (Å²) in [5.74, 6) is 0.954. The van der Waals surface area contributed by atoms with Gasteiger partial charge in [0, 0.05) is 19.4 Å². The maximum Gasteiger partial charge on any atom is 0.328 e. The quantitative estimate of drug-likeness (QED) is 0.522. The van der Waals surface area contributed by atoms with Crippen LogP contribution in [-0.2, 0) is 19.1 Å². The second kappa shape index (κ2) is 9.20. The Morgan fingerprint density at radius 3 is 2.84 bits per heavy atom. The van der Waals surface area contributed by atoms with Crippen molar-refractivity contribution in [1.82, 2.24) is 4.90 Å². The number of piperidine rings is 1. The highest BCUT2D eigenvalue weighted by Gasteiger charge is 2.32. The summed E-state index contributed by atoms with van der Waals surface area (Å²) >= 11 is 1.54. The van der Waals surface area contributed by atoms with Crippen molar-refractivity contribution < 1.29 is 19.1 Å². The second-order valence-corrected chi connectivity index (χ2v) is 5.50. The molecule has 0 aromatic carbocycles. The van der Waals surface area contributed by atoms with E-state index in [2.05, 4.69) is 0 Å². The molecule has 0 aromatic heterocycles. The van der Waals surface area contributed by atoms with Gasteiger partial charge < -0.3 is 14.4 Å². The topological polar surface area (TPSA) is 55.8 Å². The zero-order chi connectivity index (χ0) is 14.1. The Morgan fingerprint density at radius 2 is 2.16 bits per heavy atom. The molecule has 1 amide bonds. The van der Waals surface area contributed by atoms with Gasteiger partial charge in [-0.1, -0.05) is 0 Å². The van der Waals surface area contributed by atoms with Gasteiger partial charge in [-0.15, -0.1) is 11.8 Å². The highest BCUT2D eigenvalue weighted by atomic mass is 32.2. The predicted octanol–water partition coefficient (Wildman–Crippen LogP) is 1.31. The van der Waals surface area contributed by atoms with E-state index in [1.54, 1.807) is 18.9 Å². The van der Waals surface area contributed by atoms with Crippen LogP contribution in [-0.4, -0.2) is 61.2 Å². The molecular formula is C13H23NO4S. The molecule has 5 nitrogen and oxygen atoms in total. The molecule has 0 spiro atoms. The van der Waals surface area contributed by atoms with Crippen molar-refractivity contribution in [3.8, 4) is 0 Å². The Hall–Kier alpha value is -0.750. The maximum atomic E-state index is 12.1. The smallest absolute Gasteiger partial charge is 0.328 e. The number of ether oxygens (including phenoxy) is 2. The lowest BCUT2D eigenvalue weighted by molar-refractivity contribution is -0.155. The van der Waals surface area contributed by atoms with Crippen molar-refractivity contribution in [3.05, 3.63) is 0 Å². The van der Waals surface area contributed by atoms with Crippen molar-refractivity contribution in [3.63, 3.8) is 0 Å². The van der Waals surface area contributed by atoms with E-state index in [1.165, 1.54) is 11.8 Å². The Labute approximate surface area is 119 Å². The zero-order valence-corrected chi connectivity index (χ0v) is 12.5. The van der Waals surface area contributed by atoms with Gasteiger partial charge in [0.25, 0.3) is 0 Å². The van der Waals surface area contributed by atoms with Gasteiger partial charge in [-0.2, -0.15) is 0 Å². The van der Waals surface area contributed by atoms with Crippen molar-refractivity contribution in [2.45, 2.75) is 32.2 Å². The summed E-state index contributed by atoms with van der Waals surface area (Å²) in [6, 6.07) is -0.385. The number of thioether (sulfide) groups is 1. The minimum absolute atomic E-state index is 0.0267. The molecule has 110 valence electrons. The summed E-state index contributed by atoms with van der Waals surface area (Å²) < 4.78 is 9.99. The number of hydrogen-bond donors (Lipinski definition) is 0. The lowest BCUT2D eigenvalue weighted by Crippen LogP contribution is -2.49. The average Bonchev–Trinajstić information content (AvgIpc) is 2.43. The van der Waals surface area contributed by atoms with Gasteiger partial charge in [-0.3, -0.25) is 4.79 Å². The lowest BCUT2D eigenvalue weighted by atomic mass is 10.0. The average molecular weight is 289 g/mol. The van der Waals surface area contributed by atoms with Crippen LogP contribution in [0.4, 0.5) is 0 Å². The molecule has 0 radical (unpaired) electrons. The van der Waals surface area contributed by atoms with Crippen molar-refractivity contribution >= 4 is 23.6 Å². The molecule has 0 aliphatic carbocycles. The molecule has 0 saturated carbocycles. The maximum absolute atomic E-state index is 12.1. The van der Waals surface area contributed by atoms with Crippen molar-refractivity contribution in [1.29, 1.82) is 0 Å². The van der Waals surface area contributed by atoms with E-state index in [4.69, 9.17) is 9.47 Å². The third-order valence-corrected chi connectivity index (χ3v) is 3.95. The number of amides is 1. The van der Waals surface area contributed by atoms with E-state index >= 15 is 0 Å². The minimum atomic E-state index is -0.385. The lowest BCUT2D eigenvalue weighted by Gasteiger charge is -2.34. The number of hydrogen-bond acceptors (Lipinski definition) is 5. The van der Waals surface area contributed by atoms with Gasteiger partial charge in [-0.05, 0) is 26.2 Å². The summed E-state index contributed by atoms with van der Waals surface area (Å²) in [6.07, 6.45) is 2.65. The molecule has 1 unspecified atom stereocenters. The number of rotatable bonds is 7. The SMILES string of the molecule is CCOC(=O)C1CCCCN1C(=O)CSCCOC. The highest BCUT2D eigenvalue weighted by Crippen LogP contribution is 2.19. The molecule has 1 fully saturated rings. The van der Waals surface area contributed by atoms with Gasteiger partial charge in [0.15, 0.2) is 0 Å². The van der Waals surface area contributed by atoms with Crippen LogP contribution in [0.2, 0.25) is 0 Å². The van der Waals surface area contributed by atoms with E-state index in [9.17, 15) is 9.59 Å². The Morgan fingerprint density at radius 1 is 1.37 bits per heavy atom. The van der Waals surface area contributed by atoms with Crippen LogP contribution < -0.4 is 0 Å². The normalized spacial score (nSPS) is 19.3. The van der Waals surface area contributed by atoms with Gasteiger partial charge in [0.05, 0.1) is 19.0 Å². The van der Waals surface area contributed by atoms with Crippen LogP contribution >= 0.6 is 11.8 Å². The van der Waals surface area contributed by atoms with E-state index in [1.807, 2.05) is 0 Å². The minimum Gasteiger partial charge on any atom is -0.464 e. The van der Waals surface area contributed by atoms with Gasteiger partial charge >= 0.3 is 5.97 Å². The summed E-state index contributed by atoms with van der Waals surface area (Å²) in [5, 5.41) is 0. The van der Waals surface area contributed by atoms with Crippen LogP contribution in [0, 0.1) is 0 Å². The zero-order valence-electron chi connectivity index (χ0n) is 11.7. The first-order valence-electron chi connectivity index (χ1n) is 6.73. The fourth-order valence-electron chi connectivity index (χ4n) is 2.10. The first kappa shape index (κ1) is 16.3. The fraction of sp³-hybridized carbons (Fsp3) is 0.846. The number of esters is 1. The largest absolute Gasteiger partial charge is 0.464 e. The number of carbonyl (C=O) groups excluding carboxylic acids is 2. The van der Waals surface area contributed by atoms with Crippen LogP contribution in [0.25, 0.3) is 0 Å². The van der Waals surface area contributed by atoms with E-state index < -0.39 is 0 Å². The number of methoxy groups -OCH3 is 1. The Bertz CT molecular complexity index is 298. The Kier molecular flexibility index (Phi) is 7.90. The summed E-state index contributed by atoms with van der Waals surface area (Å²) in [6.45, 7) is 3.44. The van der Waals surface area contributed by atoms with Crippen molar-refractivity contribution in [2.24, 2.45) is 0 Å². The summed E-state index contributed by atoms with van der Waals surface area (Å²) in [7, 11) is 1.64. The molecule has 1 aliphatic heterocycles. The molecular weight excluding hydrogens is 266 g/mol. The fourth-order valence-corrected chi connectivity index (χ4v) is 2.87. The van der Waals surface area contributed by atoms with E-state index in [-0.39, 0.29) is 17.9 Å². The highest BCUT2D eigenvalue weighted by molar-refractivity contribution is 7.99. The number of likely N-dealkylation sites (tertiary alicyclic amines) is 1. The summed E-state index contributed by atoms with van der Waals surface area (Å²) in [5.41, 5.74) is 0. The van der Waals surface area contributed by atoms with Gasteiger partial charge in [0.2, 0.25) is 5.91 Å². The monoisotopic (exact) mass is 289 g/mol. The second-order valence-electron chi connectivity index (χ2n) is 4.40. The molecule has 6 heteroatoms. The standard InChI is InChI=1S/C13H23NO4S/c1-3-18-13(16)11-6-4-5-7-14(11)12(15)10-19-9-8-17-2/h11H,3-10H2,1-2H3. The first-order valence-corrected chi connectivity index (χ1v) is 7.89. The molecule has 1 atom stereocenters. The van der Waals surface area contributed by atoms with Crippen molar-refractivity contribution in [2.75, 3.05) is 38.4 Å². The van der Waals surface area contributed by atoms with Crippen LogP contribution in [0.3, 0.4) is 0 Å². The number of nitrogens with zero attached hydrogens (tertiary/aromatic N) is 1. The van der Waals surface area contributed by atoms with Crippen LogP contribution in [0.1, 0.15) is 26.2 Å². The third-order valence-electron chi connectivity index (χ3n) is 3.04. The molecule has 1 rings (SSSR count). The molecule has 0 aromatic rings. The van der Waals surface area contributed by atoms with E-state index in [0.29, 0.717) is 31.9 Å². The molecule has 0 N–H and O–H groups in total. The van der Waals surface area contributed by atoms with Gasteiger partial charge in [0.1, 0.15) is 6.04 Å². The van der Waals surface area contributed by atoms with Crippen LogP contribution in [0.15, 0.2) is 0 Å². The number of carbonyl (C=O) groups is 2. The first-order chi connectivity index (χ1) is 9.20. The molecule has 1 heterocycles. The van der Waals surface area contributed by atoms with Crippen LogP contribution in [0.5, 0.6) is 0 Å². The molecule has 19 heavy (non-hydrogen) atoms. The molecule has 0 bridgehead atoms. The summed E-state index contributed by atoms with van der Waals surface area (Å²) in [4.78, 5) is 25.7. The Balaban J connectivity index is 2.46. The molecule has 1 aliphatic rings. The van der Waals surface area contributed by atoms with E-state index in [0.717, 1.165) is 18.6 Å².